The van der Waals surface area contributed by atoms with Gasteiger partial charge in [-0.05, 0) is 68.4 Å². The number of hydrogen-bond donors (Lipinski definition) is 1. The van der Waals surface area contributed by atoms with Crippen molar-refractivity contribution in [1.29, 1.82) is 0 Å². The minimum absolute atomic E-state index is 0.111. The number of halogens is 2. The topological polar surface area (TPSA) is 90.4 Å². The van der Waals surface area contributed by atoms with E-state index < -0.39 is 23.6 Å². The van der Waals surface area contributed by atoms with Crippen molar-refractivity contribution >= 4 is 28.5 Å². The number of anilines is 1. The molecule has 0 bridgehead atoms. The predicted molar refractivity (Wildman–Crippen MR) is 131 cm³/mol. The summed E-state index contributed by atoms with van der Waals surface area (Å²) in [4.78, 5) is 31.2. The second-order valence-corrected chi connectivity index (χ2v) is 9.74. The van der Waals surface area contributed by atoms with E-state index >= 15 is 0 Å². The summed E-state index contributed by atoms with van der Waals surface area (Å²) in [6.45, 7) is 0. The monoisotopic (exact) mass is 496 g/mol. The maximum absolute atomic E-state index is 14.2. The molecular weight excluding hydrogens is 466 g/mol. The zero-order valence-electron chi connectivity index (χ0n) is 20.3. The Hall–Kier alpha value is -3.33. The molecule has 3 aromatic rings. The summed E-state index contributed by atoms with van der Waals surface area (Å²) >= 11 is 0. The lowest BCUT2D eigenvalue weighted by atomic mass is 9.91. The molecular formula is C27H30F2N4O3. The molecule has 1 aliphatic carbocycles. The predicted octanol–water partition coefficient (Wildman–Crippen LogP) is 4.73. The van der Waals surface area contributed by atoms with E-state index in [4.69, 9.17) is 15.5 Å². The van der Waals surface area contributed by atoms with Crippen LogP contribution in [0, 0.1) is 11.6 Å². The van der Waals surface area contributed by atoms with Gasteiger partial charge in [-0.3, -0.25) is 9.59 Å². The van der Waals surface area contributed by atoms with Crippen LogP contribution >= 0.6 is 0 Å². The van der Waals surface area contributed by atoms with Crippen LogP contribution in [-0.4, -0.2) is 34.6 Å². The summed E-state index contributed by atoms with van der Waals surface area (Å²) in [6, 6.07) is 9.00. The van der Waals surface area contributed by atoms with E-state index in [1.807, 2.05) is 18.2 Å². The van der Waals surface area contributed by atoms with E-state index in [1.54, 1.807) is 12.0 Å². The third-order valence-electron chi connectivity index (χ3n) is 7.43. The van der Waals surface area contributed by atoms with Crippen LogP contribution in [0.4, 0.5) is 14.5 Å². The van der Waals surface area contributed by atoms with Gasteiger partial charge in [0.2, 0.25) is 11.8 Å². The van der Waals surface area contributed by atoms with Crippen LogP contribution in [0.15, 0.2) is 36.4 Å². The Kier molecular flexibility index (Phi) is 6.75. The highest BCUT2D eigenvalue weighted by molar-refractivity contribution is 5.95. The number of imidazole rings is 1. The molecule has 7 nitrogen and oxygen atoms in total. The summed E-state index contributed by atoms with van der Waals surface area (Å²) < 4.78 is 35.6. The first-order valence-corrected chi connectivity index (χ1v) is 12.4. The van der Waals surface area contributed by atoms with Gasteiger partial charge in [0.1, 0.15) is 5.82 Å². The molecule has 0 radical (unpaired) electrons. The standard InChI is InChI=1S/C27H30F2N4O3/c1-36-19-9-6-17(7-10-19)33-23-12-5-16(14-25(30)34)13-22(23)31-27(33)24-3-2-4-26(35)32(24)18-8-11-20(28)21(29)15-18/h5,8,11-13,15,17,19,24H,2-4,6-7,9-10,14H2,1H3,(H2,30,34)/t17-,19-,24-/m0/s1. The quantitative estimate of drug-likeness (QED) is 0.534. The van der Waals surface area contributed by atoms with Gasteiger partial charge in [-0.25, -0.2) is 13.8 Å². The number of fused-ring (bicyclic) bond motifs is 1. The van der Waals surface area contributed by atoms with Gasteiger partial charge in [-0.15, -0.1) is 0 Å². The number of piperidine rings is 1. The molecule has 2 amide bonds. The van der Waals surface area contributed by atoms with Gasteiger partial charge < -0.3 is 19.9 Å². The van der Waals surface area contributed by atoms with E-state index in [1.165, 1.54) is 6.07 Å². The molecule has 2 fully saturated rings. The zero-order valence-corrected chi connectivity index (χ0v) is 20.3. The molecule has 2 heterocycles. The molecule has 5 rings (SSSR count). The minimum Gasteiger partial charge on any atom is -0.381 e. The number of nitrogens with zero attached hydrogens (tertiary/aromatic N) is 3. The van der Waals surface area contributed by atoms with Gasteiger partial charge in [-0.1, -0.05) is 6.07 Å². The number of hydrogen-bond acceptors (Lipinski definition) is 4. The Morgan fingerprint density at radius 1 is 1.08 bits per heavy atom. The lowest BCUT2D eigenvalue weighted by molar-refractivity contribution is -0.120. The van der Waals surface area contributed by atoms with Crippen molar-refractivity contribution in [2.24, 2.45) is 5.73 Å². The van der Waals surface area contributed by atoms with Crippen LogP contribution in [0.25, 0.3) is 11.0 Å². The Morgan fingerprint density at radius 2 is 1.86 bits per heavy atom. The van der Waals surface area contributed by atoms with Crippen molar-refractivity contribution in [2.45, 2.75) is 69.6 Å². The molecule has 2 aliphatic rings. The average Bonchev–Trinajstić information content (AvgIpc) is 3.24. The van der Waals surface area contributed by atoms with Crippen LogP contribution in [0.5, 0.6) is 0 Å². The summed E-state index contributed by atoms with van der Waals surface area (Å²) in [5, 5.41) is 0. The molecule has 2 N–H and O–H groups in total. The summed E-state index contributed by atoms with van der Waals surface area (Å²) in [5.41, 5.74) is 8.14. The SMILES string of the molecule is CO[C@H]1CC[C@H](n2c([C@@H]3CCCC(=O)N3c3ccc(F)c(F)c3)nc3cc(CC(N)=O)ccc32)CC1. The highest BCUT2D eigenvalue weighted by Crippen LogP contribution is 2.41. The van der Waals surface area contributed by atoms with Crippen molar-refractivity contribution in [3.05, 3.63) is 59.4 Å². The number of nitrogens with two attached hydrogens (primary N) is 1. The van der Waals surface area contributed by atoms with Crippen molar-refractivity contribution in [3.63, 3.8) is 0 Å². The van der Waals surface area contributed by atoms with Crippen LogP contribution in [0.2, 0.25) is 0 Å². The molecule has 1 saturated heterocycles. The number of methoxy groups -OCH3 is 1. The smallest absolute Gasteiger partial charge is 0.227 e. The highest BCUT2D eigenvalue weighted by Gasteiger charge is 2.36. The first-order chi connectivity index (χ1) is 17.4. The number of ether oxygens (including phenoxy) is 1. The maximum Gasteiger partial charge on any atom is 0.227 e. The van der Waals surface area contributed by atoms with Gasteiger partial charge >= 0.3 is 0 Å². The van der Waals surface area contributed by atoms with Crippen LogP contribution in [0.1, 0.15) is 68.4 Å². The van der Waals surface area contributed by atoms with Crippen LogP contribution in [0.3, 0.4) is 0 Å². The third-order valence-corrected chi connectivity index (χ3v) is 7.43. The van der Waals surface area contributed by atoms with Gasteiger partial charge in [0, 0.05) is 31.3 Å². The van der Waals surface area contributed by atoms with E-state index in [0.29, 0.717) is 24.9 Å². The number of benzene rings is 2. The van der Waals surface area contributed by atoms with E-state index in [0.717, 1.165) is 60.2 Å². The number of aromatic nitrogens is 2. The van der Waals surface area contributed by atoms with Gasteiger partial charge in [-0.2, -0.15) is 0 Å². The van der Waals surface area contributed by atoms with Crippen molar-refractivity contribution in [1.82, 2.24) is 9.55 Å². The molecule has 190 valence electrons. The summed E-state index contributed by atoms with van der Waals surface area (Å²) in [5.74, 6) is -1.79. The van der Waals surface area contributed by atoms with Gasteiger partial charge in [0.15, 0.2) is 11.6 Å². The lowest BCUT2D eigenvalue weighted by Gasteiger charge is -2.37. The molecule has 0 unspecified atom stereocenters. The number of carbonyl (C=O) groups is 2. The van der Waals surface area contributed by atoms with Crippen LogP contribution < -0.4 is 10.6 Å². The van der Waals surface area contributed by atoms with E-state index in [9.17, 15) is 18.4 Å². The fourth-order valence-corrected chi connectivity index (χ4v) is 5.71. The van der Waals surface area contributed by atoms with Crippen LogP contribution in [-0.2, 0) is 20.7 Å². The molecule has 1 saturated carbocycles. The summed E-state index contributed by atoms with van der Waals surface area (Å²) in [7, 11) is 1.73. The Balaban J connectivity index is 1.63. The highest BCUT2D eigenvalue weighted by atomic mass is 19.2. The first-order valence-electron chi connectivity index (χ1n) is 12.4. The molecule has 1 aliphatic heterocycles. The second kappa shape index (κ2) is 9.97. The number of primary amides is 1. The maximum atomic E-state index is 14.2. The zero-order chi connectivity index (χ0) is 25.4. The number of rotatable bonds is 6. The average molecular weight is 497 g/mol. The van der Waals surface area contributed by atoms with Gasteiger partial charge in [0.05, 0.1) is 29.6 Å². The van der Waals surface area contributed by atoms with Crippen molar-refractivity contribution < 1.29 is 23.1 Å². The second-order valence-electron chi connectivity index (χ2n) is 9.74. The molecule has 0 spiro atoms. The number of carbonyl (C=O) groups excluding carboxylic acids is 2. The van der Waals surface area contributed by atoms with Crippen molar-refractivity contribution in [3.8, 4) is 0 Å². The Labute approximate surface area is 208 Å². The minimum atomic E-state index is -0.993. The largest absolute Gasteiger partial charge is 0.381 e. The summed E-state index contributed by atoms with van der Waals surface area (Å²) in [6.07, 6.45) is 5.60. The normalized spacial score (nSPS) is 22.8. The van der Waals surface area contributed by atoms with E-state index in [-0.39, 0.29) is 24.5 Å². The first kappa shape index (κ1) is 24.4. The fraction of sp³-hybridized carbons (Fsp3) is 0.444. The molecule has 2 aromatic carbocycles. The van der Waals surface area contributed by atoms with Gasteiger partial charge in [0.25, 0.3) is 0 Å². The lowest BCUT2D eigenvalue weighted by Crippen LogP contribution is -2.40. The Morgan fingerprint density at radius 3 is 2.56 bits per heavy atom. The molecule has 36 heavy (non-hydrogen) atoms. The fourth-order valence-electron chi connectivity index (χ4n) is 5.71. The third kappa shape index (κ3) is 4.59. The van der Waals surface area contributed by atoms with E-state index in [2.05, 4.69) is 4.57 Å². The number of amides is 2. The molecule has 9 heteroatoms. The van der Waals surface area contributed by atoms with Crippen molar-refractivity contribution in [2.75, 3.05) is 12.0 Å². The molecule has 1 atom stereocenters. The Bertz CT molecular complexity index is 1300. The molecule has 1 aromatic heterocycles.